The van der Waals surface area contributed by atoms with E-state index in [1.807, 2.05) is 25.7 Å². The molecule has 3 heterocycles. The molecule has 0 N–H and O–H groups in total. The number of aryl methyl sites for hydroxylation is 3. The minimum atomic E-state index is -0.261. The summed E-state index contributed by atoms with van der Waals surface area (Å²) >= 11 is 0. The lowest BCUT2D eigenvalue weighted by atomic mass is 10.1. The minimum absolute atomic E-state index is 0.0773. The van der Waals surface area contributed by atoms with Gasteiger partial charge in [-0.3, -0.25) is 9.69 Å². The highest BCUT2D eigenvalue weighted by molar-refractivity contribution is 5.79. The first-order chi connectivity index (χ1) is 14.8. The molecule has 0 radical (unpaired) electrons. The maximum atomic E-state index is 13.5. The van der Waals surface area contributed by atoms with Gasteiger partial charge in [-0.05, 0) is 51.5 Å². The van der Waals surface area contributed by atoms with Crippen molar-refractivity contribution in [3.63, 3.8) is 0 Å². The largest absolute Gasteiger partial charge is 0.361 e. The summed E-state index contributed by atoms with van der Waals surface area (Å²) < 4.78 is 24.2. The summed E-state index contributed by atoms with van der Waals surface area (Å²) in [5.41, 5.74) is 2.89. The molecule has 8 nitrogen and oxygen atoms in total. The molecule has 1 unspecified atom stereocenters. The van der Waals surface area contributed by atoms with E-state index in [0.29, 0.717) is 55.6 Å². The van der Waals surface area contributed by atoms with Gasteiger partial charge in [0.25, 0.3) is 0 Å². The lowest BCUT2D eigenvalue weighted by Crippen LogP contribution is -2.49. The van der Waals surface area contributed by atoms with E-state index in [2.05, 4.69) is 20.2 Å². The van der Waals surface area contributed by atoms with E-state index < -0.39 is 0 Å². The third kappa shape index (κ3) is 4.36. The van der Waals surface area contributed by atoms with Crippen LogP contribution in [0.1, 0.15) is 41.4 Å². The molecule has 0 bridgehead atoms. The highest BCUT2D eigenvalue weighted by Crippen LogP contribution is 2.25. The van der Waals surface area contributed by atoms with Crippen molar-refractivity contribution >= 4 is 5.91 Å². The summed E-state index contributed by atoms with van der Waals surface area (Å²) in [6.07, 6.45) is 0.306. The van der Waals surface area contributed by atoms with Crippen molar-refractivity contribution in [2.24, 2.45) is 0 Å². The fourth-order valence-corrected chi connectivity index (χ4v) is 3.84. The third-order valence-corrected chi connectivity index (χ3v) is 5.94. The lowest BCUT2D eigenvalue weighted by Gasteiger charge is -2.36. The van der Waals surface area contributed by atoms with Crippen LogP contribution in [0.25, 0.3) is 11.4 Å². The van der Waals surface area contributed by atoms with Crippen LogP contribution in [-0.4, -0.2) is 57.2 Å². The van der Waals surface area contributed by atoms with Gasteiger partial charge >= 0.3 is 0 Å². The summed E-state index contributed by atoms with van der Waals surface area (Å²) in [7, 11) is 0. The van der Waals surface area contributed by atoms with E-state index in [1.54, 1.807) is 19.1 Å². The highest BCUT2D eigenvalue weighted by Gasteiger charge is 2.28. The molecule has 31 heavy (non-hydrogen) atoms. The van der Waals surface area contributed by atoms with Gasteiger partial charge in [0, 0.05) is 37.3 Å². The molecule has 1 fully saturated rings. The van der Waals surface area contributed by atoms with Gasteiger partial charge < -0.3 is 13.9 Å². The monoisotopic (exact) mass is 427 g/mol. The Labute approximate surface area is 180 Å². The van der Waals surface area contributed by atoms with Crippen LogP contribution in [0.5, 0.6) is 0 Å². The summed E-state index contributed by atoms with van der Waals surface area (Å²) in [5, 5.41) is 7.98. The molecule has 0 aliphatic carbocycles. The first-order valence-corrected chi connectivity index (χ1v) is 10.4. The predicted octanol–water partition coefficient (Wildman–Crippen LogP) is 3.24. The molecule has 1 aliphatic rings. The Kier molecular flexibility index (Phi) is 5.86. The summed E-state index contributed by atoms with van der Waals surface area (Å²) in [4.78, 5) is 21.3. The van der Waals surface area contributed by atoms with Crippen LogP contribution >= 0.6 is 0 Å². The number of carbonyl (C=O) groups excluding carboxylic acids is 1. The SMILES string of the molecule is Cc1cc(-c2noc(C(C)N3CCN(C(=O)Cc4c(C)noc4C)CC3)n2)ccc1F. The summed E-state index contributed by atoms with van der Waals surface area (Å²) in [6.45, 7) is 10.1. The number of amides is 1. The van der Waals surface area contributed by atoms with Gasteiger partial charge in [-0.1, -0.05) is 10.3 Å². The van der Waals surface area contributed by atoms with Crippen molar-refractivity contribution < 1.29 is 18.2 Å². The van der Waals surface area contributed by atoms with Crippen molar-refractivity contribution in [2.45, 2.75) is 40.2 Å². The van der Waals surface area contributed by atoms with Crippen molar-refractivity contribution in [1.29, 1.82) is 0 Å². The van der Waals surface area contributed by atoms with Gasteiger partial charge in [0.1, 0.15) is 11.6 Å². The maximum Gasteiger partial charge on any atom is 0.244 e. The minimum Gasteiger partial charge on any atom is -0.361 e. The van der Waals surface area contributed by atoms with Crippen LogP contribution in [0.15, 0.2) is 27.2 Å². The maximum absolute atomic E-state index is 13.5. The van der Waals surface area contributed by atoms with Gasteiger partial charge in [-0.25, -0.2) is 4.39 Å². The molecular weight excluding hydrogens is 401 g/mol. The molecular formula is C22H26FN5O3. The zero-order valence-corrected chi connectivity index (χ0v) is 18.2. The van der Waals surface area contributed by atoms with Crippen LogP contribution in [0.4, 0.5) is 4.39 Å². The molecule has 1 atom stereocenters. The second-order valence-corrected chi connectivity index (χ2v) is 7.99. The standard InChI is InChI=1S/C22H26FN5O3/c1-13-11-17(5-6-19(13)23)21-24-22(31-26-21)15(3)27-7-9-28(10-8-27)20(29)12-18-14(2)25-30-16(18)4/h5-6,11,15H,7-10,12H2,1-4H3. The van der Waals surface area contributed by atoms with Gasteiger partial charge in [0.05, 0.1) is 18.2 Å². The molecule has 1 saturated heterocycles. The molecule has 1 amide bonds. The Balaban J connectivity index is 1.36. The van der Waals surface area contributed by atoms with Crippen LogP contribution in [-0.2, 0) is 11.2 Å². The average Bonchev–Trinajstić information content (AvgIpc) is 3.38. The van der Waals surface area contributed by atoms with E-state index >= 15 is 0 Å². The van der Waals surface area contributed by atoms with Gasteiger partial charge in [0.15, 0.2) is 0 Å². The highest BCUT2D eigenvalue weighted by atomic mass is 19.1. The molecule has 3 aromatic rings. The number of hydrogen-bond donors (Lipinski definition) is 0. The molecule has 4 rings (SSSR count). The van der Waals surface area contributed by atoms with Crippen molar-refractivity contribution in [1.82, 2.24) is 25.1 Å². The Morgan fingerprint density at radius 1 is 1.13 bits per heavy atom. The van der Waals surface area contributed by atoms with Crippen LogP contribution in [0, 0.1) is 26.6 Å². The molecule has 0 spiro atoms. The molecule has 164 valence electrons. The van der Waals surface area contributed by atoms with E-state index in [4.69, 9.17) is 9.05 Å². The number of rotatable bonds is 5. The quantitative estimate of drug-likeness (QED) is 0.618. The van der Waals surface area contributed by atoms with E-state index in [9.17, 15) is 9.18 Å². The van der Waals surface area contributed by atoms with Crippen LogP contribution in [0.2, 0.25) is 0 Å². The molecule has 9 heteroatoms. The molecule has 1 aromatic carbocycles. The topological polar surface area (TPSA) is 88.5 Å². The fraction of sp³-hybridized carbons (Fsp3) is 0.455. The van der Waals surface area contributed by atoms with Crippen molar-refractivity contribution in [3.8, 4) is 11.4 Å². The smallest absolute Gasteiger partial charge is 0.244 e. The Morgan fingerprint density at radius 2 is 1.87 bits per heavy atom. The van der Waals surface area contributed by atoms with E-state index in [-0.39, 0.29) is 17.8 Å². The number of nitrogens with zero attached hydrogens (tertiary/aromatic N) is 5. The van der Waals surface area contributed by atoms with Gasteiger partial charge in [0.2, 0.25) is 17.6 Å². The lowest BCUT2D eigenvalue weighted by molar-refractivity contribution is -0.132. The van der Waals surface area contributed by atoms with Crippen LogP contribution in [0.3, 0.4) is 0 Å². The zero-order chi connectivity index (χ0) is 22.1. The average molecular weight is 427 g/mol. The zero-order valence-electron chi connectivity index (χ0n) is 18.2. The summed E-state index contributed by atoms with van der Waals surface area (Å²) in [6, 6.07) is 4.67. The van der Waals surface area contributed by atoms with Crippen LogP contribution < -0.4 is 0 Å². The molecule has 0 saturated carbocycles. The van der Waals surface area contributed by atoms with Crippen molar-refractivity contribution in [2.75, 3.05) is 26.2 Å². The normalized spacial score (nSPS) is 16.0. The molecule has 2 aromatic heterocycles. The number of aromatic nitrogens is 3. The third-order valence-electron chi connectivity index (χ3n) is 5.94. The second-order valence-electron chi connectivity index (χ2n) is 7.99. The van der Waals surface area contributed by atoms with Gasteiger partial charge in [-0.2, -0.15) is 4.98 Å². The van der Waals surface area contributed by atoms with Gasteiger partial charge in [-0.15, -0.1) is 0 Å². The first-order valence-electron chi connectivity index (χ1n) is 10.4. The van der Waals surface area contributed by atoms with Crippen molar-refractivity contribution in [3.05, 3.63) is 52.5 Å². The predicted molar refractivity (Wildman–Crippen MR) is 111 cm³/mol. The fourth-order valence-electron chi connectivity index (χ4n) is 3.84. The Hall–Kier alpha value is -3.07. The Morgan fingerprint density at radius 3 is 2.52 bits per heavy atom. The first kappa shape index (κ1) is 21.2. The summed E-state index contributed by atoms with van der Waals surface area (Å²) in [5.74, 6) is 1.46. The number of piperazine rings is 1. The van der Waals surface area contributed by atoms with E-state index in [1.165, 1.54) is 6.07 Å². The number of halogens is 1. The number of hydrogen-bond acceptors (Lipinski definition) is 7. The number of carbonyl (C=O) groups is 1. The second kappa shape index (κ2) is 8.58. The Bertz CT molecular complexity index is 1070. The number of benzene rings is 1. The van der Waals surface area contributed by atoms with E-state index in [0.717, 1.165) is 16.8 Å². The molecule has 1 aliphatic heterocycles.